The highest BCUT2D eigenvalue weighted by Crippen LogP contribution is 2.53. The Morgan fingerprint density at radius 1 is 1.22 bits per heavy atom. The maximum atomic E-state index is 6.24. The van der Waals surface area contributed by atoms with Crippen molar-refractivity contribution in [3.05, 3.63) is 77.8 Å². The molecule has 142 valence electrons. The first-order valence-corrected chi connectivity index (χ1v) is 11.4. The van der Waals surface area contributed by atoms with Crippen molar-refractivity contribution < 1.29 is 4.74 Å². The lowest BCUT2D eigenvalue weighted by molar-refractivity contribution is 0.150. The topological polar surface area (TPSA) is 12.5 Å². The van der Waals surface area contributed by atoms with Crippen LogP contribution in [0.1, 0.15) is 19.3 Å². The minimum absolute atomic E-state index is 0.715. The van der Waals surface area contributed by atoms with Gasteiger partial charge in [0.05, 0.1) is 6.61 Å². The van der Waals surface area contributed by atoms with Crippen LogP contribution in [-0.2, 0) is 4.74 Å². The molecule has 2 aliphatic heterocycles. The predicted octanol–water partition coefficient (Wildman–Crippen LogP) is 6.14. The Morgan fingerprint density at radius 3 is 2.96 bits per heavy atom. The van der Waals surface area contributed by atoms with E-state index in [4.69, 9.17) is 16.3 Å². The van der Waals surface area contributed by atoms with E-state index in [9.17, 15) is 0 Å². The zero-order valence-corrected chi connectivity index (χ0v) is 18.1. The maximum Gasteiger partial charge on any atom is 0.0775 e. The van der Waals surface area contributed by atoms with E-state index in [1.54, 1.807) is 11.8 Å². The highest BCUT2D eigenvalue weighted by Gasteiger charge is 2.30. The number of halogens is 1. The molecule has 0 N–H and O–H groups in total. The summed E-state index contributed by atoms with van der Waals surface area (Å²) >= 11 is 9.88. The highest BCUT2D eigenvalue weighted by atomic mass is 35.5. The molecule has 27 heavy (non-hydrogen) atoms. The van der Waals surface area contributed by atoms with E-state index in [0.29, 0.717) is 6.61 Å². The maximum absolute atomic E-state index is 6.24. The van der Waals surface area contributed by atoms with Crippen molar-refractivity contribution in [1.29, 1.82) is 0 Å². The summed E-state index contributed by atoms with van der Waals surface area (Å²) in [6.07, 6.45) is 14.2. The van der Waals surface area contributed by atoms with E-state index in [1.165, 1.54) is 37.0 Å². The lowest BCUT2D eigenvalue weighted by Crippen LogP contribution is -2.15. The van der Waals surface area contributed by atoms with Crippen LogP contribution in [-0.4, -0.2) is 38.8 Å². The molecule has 4 rings (SSSR count). The van der Waals surface area contributed by atoms with E-state index in [2.05, 4.69) is 49.4 Å². The predicted molar refractivity (Wildman–Crippen MR) is 120 cm³/mol. The molecule has 0 saturated carbocycles. The van der Waals surface area contributed by atoms with Gasteiger partial charge in [0.25, 0.3) is 0 Å². The van der Waals surface area contributed by atoms with Crippen LogP contribution >= 0.6 is 35.1 Å². The largest absolute Gasteiger partial charge is 0.376 e. The molecule has 0 aromatic heterocycles. The first kappa shape index (κ1) is 19.4. The van der Waals surface area contributed by atoms with Crippen molar-refractivity contribution in [3.8, 4) is 0 Å². The summed E-state index contributed by atoms with van der Waals surface area (Å²) in [4.78, 5) is 6.31. The van der Waals surface area contributed by atoms with Crippen LogP contribution < -0.4 is 0 Å². The number of rotatable bonds is 6. The van der Waals surface area contributed by atoms with Gasteiger partial charge in [0.15, 0.2) is 0 Å². The number of nitrogens with zero attached hydrogens (tertiary/aromatic N) is 1. The number of hydrogen-bond acceptors (Lipinski definition) is 4. The lowest BCUT2D eigenvalue weighted by Gasteiger charge is -2.21. The van der Waals surface area contributed by atoms with Gasteiger partial charge >= 0.3 is 0 Å². The first-order valence-electron chi connectivity index (χ1n) is 9.30. The van der Waals surface area contributed by atoms with Crippen molar-refractivity contribution in [3.63, 3.8) is 0 Å². The first-order chi connectivity index (χ1) is 13.1. The minimum atomic E-state index is 0.715. The molecule has 0 amide bonds. The quantitative estimate of drug-likeness (QED) is 0.481. The number of hydrogen-bond donors (Lipinski definition) is 0. The van der Waals surface area contributed by atoms with E-state index in [0.717, 1.165) is 37.4 Å². The Bertz CT molecular complexity index is 856. The summed E-state index contributed by atoms with van der Waals surface area (Å²) in [5.74, 6) is 0. The number of thioether (sulfide) groups is 2. The summed E-state index contributed by atoms with van der Waals surface area (Å²) in [6, 6.07) is 0. The Balaban J connectivity index is 1.49. The number of allylic oxidation sites excluding steroid dienone is 10. The molecular formula is C22H24ClNOS2. The molecule has 0 radical (unpaired) electrons. The van der Waals surface area contributed by atoms with Crippen molar-refractivity contribution in [2.24, 2.45) is 0 Å². The molecule has 0 aromatic carbocycles. The summed E-state index contributed by atoms with van der Waals surface area (Å²) in [7, 11) is 4.20. The molecule has 0 spiro atoms. The van der Waals surface area contributed by atoms with Gasteiger partial charge < -0.3 is 9.64 Å². The van der Waals surface area contributed by atoms with Crippen molar-refractivity contribution in [1.82, 2.24) is 4.90 Å². The SMILES string of the molecule is CN(C)CCCOCC1=CCC2=CC=CC3=C4SC=C(Cl)C=C4CC3=C2S1. The standard InChI is InChI=1S/C22H24ClNOS2/c1-24(2)9-4-10-25-13-18-8-7-15-5-3-6-19-20(22(15)27-18)12-16-11-17(23)14-26-21(16)19/h3,5-6,8,11,14H,4,7,9-10,12-13H2,1-2H3. The third-order valence-electron chi connectivity index (χ3n) is 4.88. The van der Waals surface area contributed by atoms with Gasteiger partial charge in [0.2, 0.25) is 0 Å². The molecule has 5 heteroatoms. The summed E-state index contributed by atoms with van der Waals surface area (Å²) in [5, 5.41) is 2.87. The molecule has 0 bridgehead atoms. The molecule has 2 heterocycles. The molecule has 0 unspecified atom stereocenters. The number of ether oxygens (including phenoxy) is 1. The Hall–Kier alpha value is -0.910. The van der Waals surface area contributed by atoms with Gasteiger partial charge in [-0.3, -0.25) is 0 Å². The zero-order chi connectivity index (χ0) is 18.8. The van der Waals surface area contributed by atoms with E-state index in [1.807, 2.05) is 17.2 Å². The van der Waals surface area contributed by atoms with Gasteiger partial charge in [-0.25, -0.2) is 0 Å². The second kappa shape index (κ2) is 8.62. The van der Waals surface area contributed by atoms with Crippen LogP contribution in [0.15, 0.2) is 77.8 Å². The number of fused-ring (bicyclic) bond motifs is 3. The monoisotopic (exact) mass is 417 g/mol. The van der Waals surface area contributed by atoms with Crippen LogP contribution in [0.25, 0.3) is 0 Å². The second-order valence-corrected chi connectivity index (χ2v) is 9.71. The Morgan fingerprint density at radius 2 is 2.11 bits per heavy atom. The van der Waals surface area contributed by atoms with Gasteiger partial charge in [0.1, 0.15) is 0 Å². The normalized spacial score (nSPS) is 21.3. The molecule has 2 nitrogen and oxygen atoms in total. The third kappa shape index (κ3) is 4.41. The highest BCUT2D eigenvalue weighted by molar-refractivity contribution is 8.07. The van der Waals surface area contributed by atoms with Gasteiger partial charge in [-0.2, -0.15) is 0 Å². The van der Waals surface area contributed by atoms with Gasteiger partial charge in [-0.15, -0.1) is 0 Å². The molecule has 0 atom stereocenters. The van der Waals surface area contributed by atoms with Crippen molar-refractivity contribution in [2.75, 3.05) is 33.9 Å². The van der Waals surface area contributed by atoms with Crippen molar-refractivity contribution in [2.45, 2.75) is 19.3 Å². The van der Waals surface area contributed by atoms with Crippen LogP contribution in [0.3, 0.4) is 0 Å². The molecular weight excluding hydrogens is 394 g/mol. The lowest BCUT2D eigenvalue weighted by atomic mass is 10.0. The summed E-state index contributed by atoms with van der Waals surface area (Å²) in [5.41, 5.74) is 5.59. The van der Waals surface area contributed by atoms with Crippen LogP contribution in [0.5, 0.6) is 0 Å². The van der Waals surface area contributed by atoms with Crippen molar-refractivity contribution >= 4 is 35.1 Å². The van der Waals surface area contributed by atoms with Crippen LogP contribution in [0, 0.1) is 0 Å². The average Bonchev–Trinajstić information content (AvgIpc) is 2.89. The molecule has 0 fully saturated rings. The van der Waals surface area contributed by atoms with Crippen LogP contribution in [0.2, 0.25) is 0 Å². The van der Waals surface area contributed by atoms with Gasteiger partial charge in [-0.05, 0) is 67.3 Å². The van der Waals surface area contributed by atoms with Gasteiger partial charge in [0, 0.05) is 32.8 Å². The fourth-order valence-electron chi connectivity index (χ4n) is 3.58. The fraction of sp³-hybridized carbons (Fsp3) is 0.364. The van der Waals surface area contributed by atoms with Crippen LogP contribution in [0.4, 0.5) is 0 Å². The molecule has 4 aliphatic rings. The van der Waals surface area contributed by atoms with E-state index in [-0.39, 0.29) is 0 Å². The molecule has 2 aliphatic carbocycles. The second-order valence-electron chi connectivity index (χ2n) is 7.25. The summed E-state index contributed by atoms with van der Waals surface area (Å²) in [6.45, 7) is 2.60. The summed E-state index contributed by atoms with van der Waals surface area (Å²) < 4.78 is 5.93. The van der Waals surface area contributed by atoms with E-state index < -0.39 is 0 Å². The van der Waals surface area contributed by atoms with E-state index >= 15 is 0 Å². The van der Waals surface area contributed by atoms with Gasteiger partial charge in [-0.1, -0.05) is 59.4 Å². The third-order valence-corrected chi connectivity index (χ3v) is 7.57. The zero-order valence-electron chi connectivity index (χ0n) is 15.8. The Kier molecular flexibility index (Phi) is 6.20. The molecule has 0 saturated heterocycles. The minimum Gasteiger partial charge on any atom is -0.376 e. The molecule has 0 aromatic rings. The Labute approximate surface area is 175 Å². The average molecular weight is 418 g/mol. The smallest absolute Gasteiger partial charge is 0.0775 e. The fourth-order valence-corrected chi connectivity index (χ4v) is 5.91.